The Morgan fingerprint density at radius 3 is 3.00 bits per heavy atom. The van der Waals surface area contributed by atoms with Crippen molar-refractivity contribution in [3.8, 4) is 16.5 Å². The average Bonchev–Trinajstić information content (AvgIpc) is 2.96. The molecule has 3 heterocycles. The summed E-state index contributed by atoms with van der Waals surface area (Å²) in [6, 6.07) is 8.00. The maximum Gasteiger partial charge on any atom is 0.154 e. The molecule has 3 aromatic heterocycles. The van der Waals surface area contributed by atoms with Crippen molar-refractivity contribution >= 4 is 16.9 Å². The fraction of sp³-hybridized carbons (Fsp3) is 0.0833. The molecule has 0 atom stereocenters. The zero-order chi connectivity index (χ0) is 11.0. The molecule has 4 heteroatoms. The summed E-state index contributed by atoms with van der Waals surface area (Å²) in [5.74, 6) is 1.81. The van der Waals surface area contributed by atoms with Gasteiger partial charge in [0.05, 0.1) is 18.2 Å². The van der Waals surface area contributed by atoms with Crippen LogP contribution in [0.2, 0.25) is 0 Å². The van der Waals surface area contributed by atoms with Gasteiger partial charge in [-0.1, -0.05) is 6.07 Å². The van der Waals surface area contributed by atoms with E-state index in [0.29, 0.717) is 0 Å². The van der Waals surface area contributed by atoms with E-state index in [0.717, 1.165) is 22.0 Å². The van der Waals surface area contributed by atoms with Crippen molar-refractivity contribution in [3.05, 3.63) is 42.0 Å². The first-order valence-corrected chi connectivity index (χ1v) is 5.82. The number of rotatable bonds is 2. The van der Waals surface area contributed by atoms with Crippen molar-refractivity contribution in [1.29, 1.82) is 0 Å². The van der Waals surface area contributed by atoms with Gasteiger partial charge in [0.1, 0.15) is 11.3 Å². The van der Waals surface area contributed by atoms with Crippen molar-refractivity contribution in [1.82, 2.24) is 9.38 Å². The lowest BCUT2D eigenvalue weighted by atomic mass is 10.4. The Hall–Kier alpha value is -1.81. The van der Waals surface area contributed by atoms with Crippen LogP contribution in [0.1, 0.15) is 0 Å². The van der Waals surface area contributed by atoms with Gasteiger partial charge in [-0.3, -0.25) is 4.40 Å². The highest BCUT2D eigenvalue weighted by atomic mass is 32.1. The molecule has 3 rings (SSSR count). The number of thiophene rings is 1. The maximum absolute atomic E-state index is 5.30. The van der Waals surface area contributed by atoms with E-state index in [1.807, 2.05) is 35.0 Å². The third kappa shape index (κ3) is 1.31. The van der Waals surface area contributed by atoms with Gasteiger partial charge in [-0.25, -0.2) is 4.98 Å². The molecule has 3 nitrogen and oxygen atoms in total. The van der Waals surface area contributed by atoms with Gasteiger partial charge in [0.2, 0.25) is 0 Å². The van der Waals surface area contributed by atoms with Crippen molar-refractivity contribution < 1.29 is 4.74 Å². The van der Waals surface area contributed by atoms with Crippen molar-refractivity contribution in [2.45, 2.75) is 0 Å². The summed E-state index contributed by atoms with van der Waals surface area (Å²) in [5, 5.41) is 2.05. The van der Waals surface area contributed by atoms with E-state index in [9.17, 15) is 0 Å². The monoisotopic (exact) mass is 230 g/mol. The number of nitrogens with zero attached hydrogens (tertiary/aromatic N) is 2. The van der Waals surface area contributed by atoms with Crippen molar-refractivity contribution in [2.75, 3.05) is 7.11 Å². The number of imidazole rings is 1. The normalized spacial score (nSPS) is 10.8. The second-order valence-electron chi connectivity index (χ2n) is 3.39. The number of methoxy groups -OCH3 is 1. The quantitative estimate of drug-likeness (QED) is 0.676. The molecule has 3 aromatic rings. The van der Waals surface area contributed by atoms with Gasteiger partial charge in [0.15, 0.2) is 5.82 Å². The molecule has 0 amide bonds. The third-order valence-corrected chi connectivity index (χ3v) is 3.36. The van der Waals surface area contributed by atoms with Gasteiger partial charge in [-0.2, -0.15) is 0 Å². The van der Waals surface area contributed by atoms with Crippen LogP contribution in [0.25, 0.3) is 16.2 Å². The van der Waals surface area contributed by atoms with Crippen molar-refractivity contribution in [3.63, 3.8) is 0 Å². The van der Waals surface area contributed by atoms with Gasteiger partial charge < -0.3 is 4.74 Å². The topological polar surface area (TPSA) is 26.5 Å². The Balaban J connectivity index is 2.29. The highest BCUT2D eigenvalue weighted by molar-refractivity contribution is 7.13. The first-order chi connectivity index (χ1) is 7.90. The van der Waals surface area contributed by atoms with Crippen LogP contribution in [0, 0.1) is 0 Å². The van der Waals surface area contributed by atoms with Crippen LogP contribution in [0.3, 0.4) is 0 Å². The number of fused-ring (bicyclic) bond motifs is 1. The largest absolute Gasteiger partial charge is 0.494 e. The molecule has 0 N–H and O–H groups in total. The molecule has 0 aromatic carbocycles. The highest BCUT2D eigenvalue weighted by Gasteiger charge is 2.09. The molecule has 0 bridgehead atoms. The number of aromatic nitrogens is 2. The van der Waals surface area contributed by atoms with Crippen LogP contribution in [-0.2, 0) is 0 Å². The van der Waals surface area contributed by atoms with E-state index < -0.39 is 0 Å². The zero-order valence-corrected chi connectivity index (χ0v) is 9.57. The zero-order valence-electron chi connectivity index (χ0n) is 8.75. The van der Waals surface area contributed by atoms with Gasteiger partial charge in [-0.15, -0.1) is 11.3 Å². The molecule has 0 fully saturated rings. The number of hydrogen-bond acceptors (Lipinski definition) is 3. The third-order valence-electron chi connectivity index (χ3n) is 2.49. The number of hydrogen-bond donors (Lipinski definition) is 0. The van der Waals surface area contributed by atoms with Crippen LogP contribution in [0.15, 0.2) is 42.0 Å². The van der Waals surface area contributed by atoms with Crippen LogP contribution >= 0.6 is 11.3 Å². The van der Waals surface area contributed by atoms with Crippen LogP contribution in [-0.4, -0.2) is 16.5 Å². The van der Waals surface area contributed by atoms with E-state index >= 15 is 0 Å². The number of ether oxygens (including phenoxy) is 1. The average molecular weight is 230 g/mol. The summed E-state index contributed by atoms with van der Waals surface area (Å²) in [7, 11) is 1.67. The summed E-state index contributed by atoms with van der Waals surface area (Å²) < 4.78 is 7.35. The smallest absolute Gasteiger partial charge is 0.154 e. The standard InChI is InChI=1S/C12H10N2OS/c1-15-10-4-2-6-14-9(10)8-13-12(14)11-5-3-7-16-11/h2-8H,1H3. The minimum Gasteiger partial charge on any atom is -0.494 e. The molecule has 16 heavy (non-hydrogen) atoms. The fourth-order valence-electron chi connectivity index (χ4n) is 1.76. The van der Waals surface area contributed by atoms with E-state index in [-0.39, 0.29) is 0 Å². The summed E-state index contributed by atoms with van der Waals surface area (Å²) >= 11 is 1.68. The lowest BCUT2D eigenvalue weighted by molar-refractivity contribution is 0.418. The van der Waals surface area contributed by atoms with Crippen LogP contribution in [0.4, 0.5) is 0 Å². The summed E-state index contributed by atoms with van der Waals surface area (Å²) in [5.41, 5.74) is 0.994. The second-order valence-corrected chi connectivity index (χ2v) is 4.34. The molecular formula is C12H10N2OS. The first-order valence-electron chi connectivity index (χ1n) is 4.94. The molecule has 0 saturated heterocycles. The summed E-state index contributed by atoms with van der Waals surface area (Å²) in [4.78, 5) is 5.60. The van der Waals surface area contributed by atoms with Gasteiger partial charge in [-0.05, 0) is 23.6 Å². The molecule has 0 aliphatic heterocycles. The van der Waals surface area contributed by atoms with Crippen molar-refractivity contribution in [2.24, 2.45) is 0 Å². The molecule has 0 radical (unpaired) electrons. The lowest BCUT2D eigenvalue weighted by Crippen LogP contribution is -1.90. The summed E-state index contributed by atoms with van der Waals surface area (Å²) in [6.45, 7) is 0. The predicted molar refractivity (Wildman–Crippen MR) is 65.1 cm³/mol. The van der Waals surface area contributed by atoms with Gasteiger partial charge in [0, 0.05) is 6.20 Å². The van der Waals surface area contributed by atoms with E-state index in [1.165, 1.54) is 0 Å². The predicted octanol–water partition coefficient (Wildman–Crippen LogP) is 3.07. The molecule has 0 saturated carbocycles. The first kappa shape index (κ1) is 9.42. The Kier molecular flexibility index (Phi) is 2.15. The van der Waals surface area contributed by atoms with Gasteiger partial charge in [0.25, 0.3) is 0 Å². The highest BCUT2D eigenvalue weighted by Crippen LogP contribution is 2.27. The minimum absolute atomic E-state index is 0.845. The molecular weight excluding hydrogens is 220 g/mol. The van der Waals surface area contributed by atoms with Crippen LogP contribution in [0.5, 0.6) is 5.75 Å². The molecule has 0 aliphatic carbocycles. The Bertz CT molecular complexity index is 613. The molecule has 80 valence electrons. The van der Waals surface area contributed by atoms with Crippen LogP contribution < -0.4 is 4.74 Å². The Labute approximate surface area is 96.9 Å². The minimum atomic E-state index is 0.845. The summed E-state index contributed by atoms with van der Waals surface area (Å²) in [6.07, 6.45) is 3.84. The second kappa shape index (κ2) is 3.64. The Morgan fingerprint density at radius 2 is 2.25 bits per heavy atom. The molecule has 0 aliphatic rings. The van der Waals surface area contributed by atoms with E-state index in [2.05, 4.69) is 16.4 Å². The fourth-order valence-corrected chi connectivity index (χ4v) is 2.47. The molecule has 0 unspecified atom stereocenters. The van der Waals surface area contributed by atoms with Gasteiger partial charge >= 0.3 is 0 Å². The lowest BCUT2D eigenvalue weighted by Gasteiger charge is -2.03. The van der Waals surface area contributed by atoms with E-state index in [1.54, 1.807) is 18.4 Å². The Morgan fingerprint density at radius 1 is 1.31 bits per heavy atom. The maximum atomic E-state index is 5.30. The molecule has 0 spiro atoms. The number of pyridine rings is 1. The van der Waals surface area contributed by atoms with E-state index in [4.69, 9.17) is 4.74 Å². The SMILES string of the molecule is COc1cccn2c(-c3cccs3)ncc12.